The smallest absolute Gasteiger partial charge is 0.246 e. The Hall–Kier alpha value is -1.61. The van der Waals surface area contributed by atoms with Crippen LogP contribution in [0, 0.1) is 0 Å². The first-order valence-electron chi connectivity index (χ1n) is 10.4. The van der Waals surface area contributed by atoms with E-state index >= 15 is 0 Å². The summed E-state index contributed by atoms with van der Waals surface area (Å²) in [6, 6.07) is 0. The maximum atomic E-state index is 12.2. The fourth-order valence-electron chi connectivity index (χ4n) is 3.04. The van der Waals surface area contributed by atoms with Gasteiger partial charge in [-0.1, -0.05) is 40.5 Å². The van der Waals surface area contributed by atoms with Crippen LogP contribution in [0.3, 0.4) is 0 Å². The molecular weight excluding hydrogens is 334 g/mol. The van der Waals surface area contributed by atoms with Gasteiger partial charge in [-0.15, -0.1) is 0 Å². The van der Waals surface area contributed by atoms with E-state index in [1.54, 1.807) is 6.08 Å². The molecule has 3 nitrogen and oxygen atoms in total. The van der Waals surface area contributed by atoms with Crippen LogP contribution in [-0.4, -0.2) is 37.1 Å². The van der Waals surface area contributed by atoms with Crippen molar-refractivity contribution in [3.8, 4) is 0 Å². The maximum Gasteiger partial charge on any atom is 0.246 e. The first-order chi connectivity index (χ1) is 12.9. The van der Waals surface area contributed by atoms with E-state index in [9.17, 15) is 4.79 Å². The van der Waals surface area contributed by atoms with E-state index in [1.165, 1.54) is 16.7 Å². The number of nitrogens with zero attached hydrogens (tertiary/aromatic N) is 1. The van der Waals surface area contributed by atoms with Crippen molar-refractivity contribution in [3.05, 3.63) is 46.6 Å². The fourth-order valence-corrected chi connectivity index (χ4v) is 3.04. The molecule has 3 heteroatoms. The number of amides is 1. The SMILES string of the molecule is CC(C)=CCCC(C)=CCCC(C)=CCCC(C)=CC(=O)N1CCOCC1. The van der Waals surface area contributed by atoms with Gasteiger partial charge in [0.2, 0.25) is 5.91 Å². The number of allylic oxidation sites excluding steroid dienone is 7. The van der Waals surface area contributed by atoms with E-state index in [1.807, 2.05) is 4.90 Å². The highest BCUT2D eigenvalue weighted by atomic mass is 16.5. The molecule has 1 saturated heterocycles. The van der Waals surface area contributed by atoms with Gasteiger partial charge in [0, 0.05) is 19.2 Å². The van der Waals surface area contributed by atoms with Crippen molar-refractivity contribution in [3.63, 3.8) is 0 Å². The van der Waals surface area contributed by atoms with Gasteiger partial charge in [0.15, 0.2) is 0 Å². The highest BCUT2D eigenvalue weighted by Crippen LogP contribution is 2.14. The second kappa shape index (κ2) is 13.5. The standard InChI is InChI=1S/C24H39NO2/c1-20(2)9-6-10-21(3)11-7-12-22(4)13-8-14-23(5)19-24(26)25-15-17-27-18-16-25/h9,11,13,19H,6-8,10,12,14-18H2,1-5H3. The summed E-state index contributed by atoms with van der Waals surface area (Å²) < 4.78 is 5.29. The first kappa shape index (κ1) is 23.4. The lowest BCUT2D eigenvalue weighted by molar-refractivity contribution is -0.130. The van der Waals surface area contributed by atoms with Crippen molar-refractivity contribution in [2.75, 3.05) is 26.3 Å². The van der Waals surface area contributed by atoms with E-state index in [-0.39, 0.29) is 5.91 Å². The van der Waals surface area contributed by atoms with Crippen LogP contribution in [0.15, 0.2) is 46.6 Å². The summed E-state index contributed by atoms with van der Waals surface area (Å²) in [4.78, 5) is 14.1. The third-order valence-electron chi connectivity index (χ3n) is 4.85. The molecule has 0 aromatic rings. The van der Waals surface area contributed by atoms with Crippen molar-refractivity contribution in [2.45, 2.75) is 73.1 Å². The number of carbonyl (C=O) groups is 1. The predicted octanol–water partition coefficient (Wildman–Crippen LogP) is 5.99. The molecule has 27 heavy (non-hydrogen) atoms. The summed E-state index contributed by atoms with van der Waals surface area (Å²) in [6.45, 7) is 13.5. The molecule has 1 fully saturated rings. The normalized spacial score (nSPS) is 16.5. The number of ether oxygens (including phenoxy) is 1. The molecule has 0 aromatic heterocycles. The van der Waals surface area contributed by atoms with Gasteiger partial charge in [0.05, 0.1) is 13.2 Å². The van der Waals surface area contributed by atoms with Gasteiger partial charge in [-0.05, 0) is 73.1 Å². The molecule has 0 N–H and O–H groups in total. The highest BCUT2D eigenvalue weighted by molar-refractivity contribution is 5.88. The number of rotatable bonds is 10. The van der Waals surface area contributed by atoms with Crippen molar-refractivity contribution in [1.29, 1.82) is 0 Å². The zero-order valence-electron chi connectivity index (χ0n) is 18.1. The van der Waals surface area contributed by atoms with Gasteiger partial charge in [-0.25, -0.2) is 0 Å². The van der Waals surface area contributed by atoms with E-state index in [2.05, 4.69) is 52.8 Å². The minimum atomic E-state index is 0.130. The van der Waals surface area contributed by atoms with Gasteiger partial charge in [-0.2, -0.15) is 0 Å². The van der Waals surface area contributed by atoms with Crippen LogP contribution >= 0.6 is 0 Å². The highest BCUT2D eigenvalue weighted by Gasteiger charge is 2.14. The zero-order valence-corrected chi connectivity index (χ0v) is 18.1. The molecule has 1 amide bonds. The van der Waals surface area contributed by atoms with E-state index in [4.69, 9.17) is 4.74 Å². The minimum Gasteiger partial charge on any atom is -0.378 e. The summed E-state index contributed by atoms with van der Waals surface area (Å²) in [5.74, 6) is 0.130. The van der Waals surface area contributed by atoms with Crippen LogP contribution in [-0.2, 0) is 9.53 Å². The van der Waals surface area contributed by atoms with Crippen molar-refractivity contribution >= 4 is 5.91 Å². The molecule has 1 rings (SSSR count). The molecule has 0 spiro atoms. The summed E-state index contributed by atoms with van der Waals surface area (Å²) in [5.41, 5.74) is 5.49. The van der Waals surface area contributed by atoms with Gasteiger partial charge in [0.25, 0.3) is 0 Å². The minimum absolute atomic E-state index is 0.130. The Bertz CT molecular complexity index is 571. The Morgan fingerprint density at radius 3 is 1.78 bits per heavy atom. The van der Waals surface area contributed by atoms with Crippen LogP contribution in [0.2, 0.25) is 0 Å². The molecule has 0 bridgehead atoms. The zero-order chi connectivity index (χ0) is 20.1. The second-order valence-electron chi connectivity index (χ2n) is 7.93. The molecule has 152 valence electrons. The summed E-state index contributed by atoms with van der Waals surface area (Å²) in [6.07, 6.45) is 15.3. The Morgan fingerprint density at radius 2 is 1.26 bits per heavy atom. The molecule has 1 aliphatic rings. The average Bonchev–Trinajstić information content (AvgIpc) is 2.62. The Kier molecular flexibility index (Phi) is 11.8. The van der Waals surface area contributed by atoms with Crippen LogP contribution in [0.4, 0.5) is 0 Å². The van der Waals surface area contributed by atoms with Gasteiger partial charge in [-0.3, -0.25) is 4.79 Å². The Morgan fingerprint density at radius 1 is 0.778 bits per heavy atom. The molecule has 0 unspecified atom stereocenters. The van der Waals surface area contributed by atoms with Gasteiger partial charge >= 0.3 is 0 Å². The molecular formula is C24H39NO2. The lowest BCUT2D eigenvalue weighted by atomic mass is 10.0. The van der Waals surface area contributed by atoms with Crippen LogP contribution < -0.4 is 0 Å². The van der Waals surface area contributed by atoms with Gasteiger partial charge < -0.3 is 9.64 Å². The molecule has 1 aliphatic heterocycles. The molecule has 0 aliphatic carbocycles. The number of morpholine rings is 1. The maximum absolute atomic E-state index is 12.2. The second-order valence-corrected chi connectivity index (χ2v) is 7.93. The lowest BCUT2D eigenvalue weighted by Gasteiger charge is -2.25. The molecule has 0 radical (unpaired) electrons. The van der Waals surface area contributed by atoms with Crippen molar-refractivity contribution in [1.82, 2.24) is 4.90 Å². The average molecular weight is 374 g/mol. The molecule has 0 atom stereocenters. The Labute approximate surface area is 166 Å². The summed E-state index contributed by atoms with van der Waals surface area (Å²) in [7, 11) is 0. The van der Waals surface area contributed by atoms with Crippen LogP contribution in [0.25, 0.3) is 0 Å². The number of hydrogen-bond acceptors (Lipinski definition) is 2. The van der Waals surface area contributed by atoms with Gasteiger partial charge in [0.1, 0.15) is 0 Å². The topological polar surface area (TPSA) is 29.5 Å². The van der Waals surface area contributed by atoms with Crippen LogP contribution in [0.5, 0.6) is 0 Å². The third-order valence-corrected chi connectivity index (χ3v) is 4.85. The number of carbonyl (C=O) groups excluding carboxylic acids is 1. The largest absolute Gasteiger partial charge is 0.378 e. The predicted molar refractivity (Wildman–Crippen MR) is 116 cm³/mol. The van der Waals surface area contributed by atoms with Crippen LogP contribution in [0.1, 0.15) is 73.1 Å². The fraction of sp³-hybridized carbons (Fsp3) is 0.625. The Balaban J connectivity index is 2.27. The third kappa shape index (κ3) is 11.7. The van der Waals surface area contributed by atoms with E-state index in [0.29, 0.717) is 26.3 Å². The van der Waals surface area contributed by atoms with E-state index < -0.39 is 0 Å². The molecule has 0 aromatic carbocycles. The number of hydrogen-bond donors (Lipinski definition) is 0. The quantitative estimate of drug-likeness (QED) is 0.348. The van der Waals surface area contributed by atoms with Crippen molar-refractivity contribution in [2.24, 2.45) is 0 Å². The molecule has 0 saturated carbocycles. The van der Waals surface area contributed by atoms with E-state index in [0.717, 1.165) is 44.1 Å². The lowest BCUT2D eigenvalue weighted by Crippen LogP contribution is -2.39. The summed E-state index contributed by atoms with van der Waals surface area (Å²) >= 11 is 0. The van der Waals surface area contributed by atoms with Crippen molar-refractivity contribution < 1.29 is 9.53 Å². The molecule has 1 heterocycles. The summed E-state index contributed by atoms with van der Waals surface area (Å²) in [5, 5.41) is 0. The first-order valence-corrected chi connectivity index (χ1v) is 10.4. The monoisotopic (exact) mass is 373 g/mol.